The zero-order chi connectivity index (χ0) is 31.2. The molecule has 0 aliphatic heterocycles. The minimum absolute atomic E-state index is 0.0342. The first kappa shape index (κ1) is 30.0. The molecule has 0 fully saturated rings. The monoisotopic (exact) mass is 595 g/mol. The molecule has 0 unspecified atom stereocenters. The van der Waals surface area contributed by atoms with Crippen LogP contribution in [-0.4, -0.2) is 31.7 Å². The topological polar surface area (TPSA) is 64.6 Å². The van der Waals surface area contributed by atoms with Gasteiger partial charge in [0.15, 0.2) is 0 Å². The van der Waals surface area contributed by atoms with Gasteiger partial charge in [-0.1, -0.05) is 146 Å². The molecule has 0 radical (unpaired) electrons. The van der Waals surface area contributed by atoms with Gasteiger partial charge in [-0.15, -0.1) is 0 Å². The van der Waals surface area contributed by atoms with Crippen LogP contribution in [0.5, 0.6) is 0 Å². The number of ether oxygens (including phenoxy) is 2. The van der Waals surface area contributed by atoms with E-state index < -0.39 is 23.5 Å². The molecule has 0 saturated heterocycles. The minimum Gasteiger partial charge on any atom is -0.468 e. The fraction of sp³-hybridized carbons (Fsp3) is 0.200. The van der Waals surface area contributed by atoms with Crippen molar-refractivity contribution in [2.24, 2.45) is 5.92 Å². The molecule has 0 amide bonds. The molecule has 5 aromatic carbocycles. The van der Waals surface area contributed by atoms with Crippen molar-refractivity contribution in [3.05, 3.63) is 167 Å². The average molecular weight is 596 g/mol. The Bertz CT molecular complexity index is 1610. The van der Waals surface area contributed by atoms with Crippen molar-refractivity contribution in [1.82, 2.24) is 5.32 Å². The highest BCUT2D eigenvalue weighted by atomic mass is 16.5. The highest BCUT2D eigenvalue weighted by molar-refractivity contribution is 5.80. The van der Waals surface area contributed by atoms with E-state index in [0.717, 1.165) is 27.8 Å². The van der Waals surface area contributed by atoms with E-state index in [9.17, 15) is 9.59 Å². The second-order valence-electron chi connectivity index (χ2n) is 11.6. The summed E-state index contributed by atoms with van der Waals surface area (Å²) in [4.78, 5) is 26.9. The summed E-state index contributed by atoms with van der Waals surface area (Å²) in [6.07, 6.45) is 0.0389. The molecule has 5 nitrogen and oxygen atoms in total. The third-order valence-corrected chi connectivity index (χ3v) is 8.88. The van der Waals surface area contributed by atoms with Crippen LogP contribution in [0, 0.1) is 5.92 Å². The fourth-order valence-electron chi connectivity index (χ4n) is 6.66. The van der Waals surface area contributed by atoms with Crippen LogP contribution in [0.3, 0.4) is 0 Å². The molecule has 2 atom stereocenters. The predicted octanol–water partition coefficient (Wildman–Crippen LogP) is 7.49. The number of hydrogen-bond acceptors (Lipinski definition) is 5. The van der Waals surface area contributed by atoms with Gasteiger partial charge in [0.2, 0.25) is 0 Å². The normalized spacial score (nSPS) is 13.7. The van der Waals surface area contributed by atoms with Gasteiger partial charge in [-0.25, -0.2) is 0 Å². The zero-order valence-electron chi connectivity index (χ0n) is 25.6. The number of rotatable bonds is 11. The number of carbonyl (C=O) groups excluding carboxylic acids is 2. The van der Waals surface area contributed by atoms with Gasteiger partial charge >= 0.3 is 11.9 Å². The Kier molecular flexibility index (Phi) is 8.90. The molecular formula is C40H37NO4. The molecule has 0 spiro atoms. The molecule has 0 heterocycles. The van der Waals surface area contributed by atoms with Crippen molar-refractivity contribution in [3.8, 4) is 11.1 Å². The number of carbonyl (C=O) groups is 2. The summed E-state index contributed by atoms with van der Waals surface area (Å²) in [5.41, 5.74) is 6.66. The Hall–Kier alpha value is -5.00. The summed E-state index contributed by atoms with van der Waals surface area (Å²) in [6, 6.07) is 45.9. The molecule has 1 aliphatic rings. The Morgan fingerprint density at radius 2 is 1.09 bits per heavy atom. The summed E-state index contributed by atoms with van der Waals surface area (Å²) in [6.45, 7) is 2.12. The van der Waals surface area contributed by atoms with E-state index in [4.69, 9.17) is 9.47 Å². The van der Waals surface area contributed by atoms with Crippen molar-refractivity contribution in [3.63, 3.8) is 0 Å². The standard InChI is InChI=1S/C40H37NO4/c1-28(26-37(42)45-27-36-34-24-14-12-22-32(34)33-23-13-15-25-35(33)36)38(39(43)44-2)41-40(29-16-6-3-7-17-29,30-18-8-4-9-19-30)31-20-10-5-11-21-31/h3-25,28,36,38,41H,26-27H2,1-2H3/t28-,38-/m0/s1. The van der Waals surface area contributed by atoms with Gasteiger partial charge in [-0.05, 0) is 44.9 Å². The van der Waals surface area contributed by atoms with Crippen LogP contribution < -0.4 is 5.32 Å². The molecular weight excluding hydrogens is 558 g/mol. The average Bonchev–Trinajstić information content (AvgIpc) is 3.42. The van der Waals surface area contributed by atoms with Gasteiger partial charge in [0.1, 0.15) is 12.6 Å². The van der Waals surface area contributed by atoms with Gasteiger partial charge in [0, 0.05) is 5.92 Å². The first-order chi connectivity index (χ1) is 22.0. The third-order valence-electron chi connectivity index (χ3n) is 8.88. The van der Waals surface area contributed by atoms with Gasteiger partial charge in [0.25, 0.3) is 0 Å². The lowest BCUT2D eigenvalue weighted by molar-refractivity contribution is -0.148. The lowest BCUT2D eigenvalue weighted by Gasteiger charge is -2.40. The Morgan fingerprint density at radius 1 is 0.667 bits per heavy atom. The zero-order valence-corrected chi connectivity index (χ0v) is 25.6. The predicted molar refractivity (Wildman–Crippen MR) is 177 cm³/mol. The highest BCUT2D eigenvalue weighted by Gasteiger charge is 2.42. The van der Waals surface area contributed by atoms with Crippen LogP contribution in [0.1, 0.15) is 47.1 Å². The quantitative estimate of drug-likeness (QED) is 0.127. The van der Waals surface area contributed by atoms with E-state index in [1.54, 1.807) is 0 Å². The van der Waals surface area contributed by atoms with Crippen LogP contribution in [0.4, 0.5) is 0 Å². The number of methoxy groups -OCH3 is 1. The van der Waals surface area contributed by atoms with Crippen molar-refractivity contribution in [2.45, 2.75) is 30.8 Å². The van der Waals surface area contributed by atoms with E-state index in [2.05, 4.69) is 66.0 Å². The number of hydrogen-bond donors (Lipinski definition) is 1. The molecule has 45 heavy (non-hydrogen) atoms. The van der Waals surface area contributed by atoms with E-state index in [1.807, 2.05) is 85.8 Å². The summed E-state index contributed by atoms with van der Waals surface area (Å²) in [5.74, 6) is -1.28. The number of fused-ring (bicyclic) bond motifs is 3. The maximum Gasteiger partial charge on any atom is 0.323 e. The molecule has 226 valence electrons. The molecule has 6 rings (SSSR count). The molecule has 0 aromatic heterocycles. The van der Waals surface area contributed by atoms with Crippen molar-refractivity contribution in [2.75, 3.05) is 13.7 Å². The minimum atomic E-state index is -0.905. The number of esters is 2. The first-order valence-corrected chi connectivity index (χ1v) is 15.4. The van der Waals surface area contributed by atoms with E-state index >= 15 is 0 Å². The second-order valence-corrected chi connectivity index (χ2v) is 11.6. The summed E-state index contributed by atoms with van der Waals surface area (Å²) >= 11 is 0. The van der Waals surface area contributed by atoms with Crippen LogP contribution in [0.25, 0.3) is 11.1 Å². The highest BCUT2D eigenvalue weighted by Crippen LogP contribution is 2.44. The van der Waals surface area contributed by atoms with Gasteiger partial charge < -0.3 is 9.47 Å². The Labute approximate surface area is 264 Å². The van der Waals surface area contributed by atoms with Gasteiger partial charge in [-0.3, -0.25) is 14.9 Å². The largest absolute Gasteiger partial charge is 0.468 e. The maximum atomic E-state index is 13.5. The summed E-state index contributed by atoms with van der Waals surface area (Å²) in [7, 11) is 1.38. The van der Waals surface area contributed by atoms with Crippen molar-refractivity contribution in [1.29, 1.82) is 0 Å². The van der Waals surface area contributed by atoms with Crippen LogP contribution >= 0.6 is 0 Å². The summed E-state index contributed by atoms with van der Waals surface area (Å²) < 4.78 is 11.3. The molecule has 0 saturated carbocycles. The van der Waals surface area contributed by atoms with Gasteiger partial charge in [-0.2, -0.15) is 0 Å². The molecule has 5 heteroatoms. The smallest absolute Gasteiger partial charge is 0.323 e. The lowest BCUT2D eigenvalue weighted by atomic mass is 9.75. The maximum absolute atomic E-state index is 13.5. The first-order valence-electron chi connectivity index (χ1n) is 15.4. The van der Waals surface area contributed by atoms with Crippen molar-refractivity contribution >= 4 is 11.9 Å². The second kappa shape index (κ2) is 13.3. The molecule has 0 bridgehead atoms. The molecule has 1 aliphatic carbocycles. The molecule has 1 N–H and O–H groups in total. The van der Waals surface area contributed by atoms with E-state index in [1.165, 1.54) is 18.2 Å². The van der Waals surface area contributed by atoms with E-state index in [0.29, 0.717) is 0 Å². The Morgan fingerprint density at radius 3 is 1.53 bits per heavy atom. The van der Waals surface area contributed by atoms with Crippen molar-refractivity contribution < 1.29 is 19.1 Å². The van der Waals surface area contributed by atoms with E-state index in [-0.39, 0.29) is 24.9 Å². The Balaban J connectivity index is 1.28. The summed E-state index contributed by atoms with van der Waals surface area (Å²) in [5, 5.41) is 3.71. The number of benzene rings is 5. The SMILES string of the molecule is COC(=O)[C@@H](NC(c1ccccc1)(c1ccccc1)c1ccccc1)[C@@H](C)CC(=O)OCC1c2ccccc2-c2ccccc21. The van der Waals surface area contributed by atoms with Crippen LogP contribution in [0.15, 0.2) is 140 Å². The number of nitrogens with one attached hydrogen (secondary N) is 1. The lowest BCUT2D eigenvalue weighted by Crippen LogP contribution is -2.55. The van der Waals surface area contributed by atoms with Crippen LogP contribution in [0.2, 0.25) is 0 Å². The van der Waals surface area contributed by atoms with Crippen LogP contribution in [-0.2, 0) is 24.6 Å². The third kappa shape index (κ3) is 5.92. The molecule has 5 aromatic rings. The van der Waals surface area contributed by atoms with Gasteiger partial charge in [0.05, 0.1) is 19.1 Å². The fourth-order valence-corrected chi connectivity index (χ4v) is 6.66.